The number of carbonyl (C=O) groups is 3. The molecule has 12 heteroatoms. The van der Waals surface area contributed by atoms with Gasteiger partial charge in [0.25, 0.3) is 17.5 Å². The summed E-state index contributed by atoms with van der Waals surface area (Å²) >= 11 is 12.9. The second kappa shape index (κ2) is 9.99. The molecular formula is C21H15Cl2N3O6S. The van der Waals surface area contributed by atoms with E-state index in [2.05, 4.69) is 10.6 Å². The molecule has 0 atom stereocenters. The molecule has 9 nitrogen and oxygen atoms in total. The number of nitro benzene ring substituents is 1. The number of amides is 2. The number of thiophene rings is 1. The Labute approximate surface area is 201 Å². The van der Waals surface area contributed by atoms with E-state index in [1.54, 1.807) is 18.2 Å². The van der Waals surface area contributed by atoms with Gasteiger partial charge in [-0.2, -0.15) is 0 Å². The fourth-order valence-corrected chi connectivity index (χ4v) is 4.31. The molecule has 0 saturated heterocycles. The number of non-ortho nitro benzene ring substituents is 1. The van der Waals surface area contributed by atoms with Crippen LogP contribution in [0.25, 0.3) is 0 Å². The van der Waals surface area contributed by atoms with Crippen molar-refractivity contribution in [3.05, 3.63) is 84.2 Å². The quantitative estimate of drug-likeness (QED) is 0.255. The zero-order valence-electron chi connectivity index (χ0n) is 17.1. The standard InChI is InChI=1S/C21H15Cl2N3O6S/c1-10-15(21(29)32-2)20(25-18(27)11-5-3-6-12(9-11)26(30)31)33-17(10)19(28)24-14-8-4-7-13(22)16(14)23/h3-9H,1-2H3,(H,24,28)(H,25,27). The molecule has 0 aliphatic carbocycles. The molecule has 0 spiro atoms. The minimum absolute atomic E-state index is 0.00257. The van der Waals surface area contributed by atoms with E-state index in [9.17, 15) is 24.5 Å². The zero-order chi connectivity index (χ0) is 24.3. The largest absolute Gasteiger partial charge is 0.465 e. The third kappa shape index (κ3) is 5.14. The molecular weight excluding hydrogens is 493 g/mol. The second-order valence-electron chi connectivity index (χ2n) is 6.57. The number of nitrogens with one attached hydrogen (secondary N) is 2. The summed E-state index contributed by atoms with van der Waals surface area (Å²) in [6, 6.07) is 9.82. The Morgan fingerprint density at radius 1 is 1.06 bits per heavy atom. The third-order valence-electron chi connectivity index (χ3n) is 4.49. The molecule has 0 saturated carbocycles. The molecule has 2 amide bonds. The maximum absolute atomic E-state index is 12.9. The van der Waals surface area contributed by atoms with Gasteiger partial charge in [-0.1, -0.05) is 35.3 Å². The summed E-state index contributed by atoms with van der Waals surface area (Å²) < 4.78 is 4.80. The Morgan fingerprint density at radius 3 is 2.42 bits per heavy atom. The highest BCUT2D eigenvalue weighted by molar-refractivity contribution is 7.19. The summed E-state index contributed by atoms with van der Waals surface area (Å²) in [5, 5.41) is 16.6. The number of esters is 1. The minimum Gasteiger partial charge on any atom is -0.465 e. The lowest BCUT2D eigenvalue weighted by atomic mass is 10.1. The lowest BCUT2D eigenvalue weighted by Gasteiger charge is -2.07. The lowest BCUT2D eigenvalue weighted by molar-refractivity contribution is -0.384. The summed E-state index contributed by atoms with van der Waals surface area (Å²) in [4.78, 5) is 48.5. The normalized spacial score (nSPS) is 10.4. The van der Waals surface area contributed by atoms with Gasteiger partial charge in [-0.25, -0.2) is 4.79 Å². The zero-order valence-corrected chi connectivity index (χ0v) is 19.4. The van der Waals surface area contributed by atoms with Crippen LogP contribution in [0.3, 0.4) is 0 Å². The topological polar surface area (TPSA) is 128 Å². The Bertz CT molecular complexity index is 1290. The minimum atomic E-state index is -0.766. The van der Waals surface area contributed by atoms with Crippen LogP contribution in [0.2, 0.25) is 10.0 Å². The molecule has 2 N–H and O–H groups in total. The molecule has 0 aliphatic rings. The van der Waals surface area contributed by atoms with E-state index in [1.807, 2.05) is 0 Å². The highest BCUT2D eigenvalue weighted by Gasteiger charge is 2.27. The number of rotatable bonds is 6. The van der Waals surface area contributed by atoms with Gasteiger partial charge in [-0.15, -0.1) is 11.3 Å². The fourth-order valence-electron chi connectivity index (χ4n) is 2.88. The van der Waals surface area contributed by atoms with E-state index in [0.717, 1.165) is 24.5 Å². The fraction of sp³-hybridized carbons (Fsp3) is 0.0952. The average Bonchev–Trinajstić information content (AvgIpc) is 3.12. The number of halogens is 2. The van der Waals surface area contributed by atoms with Crippen molar-refractivity contribution in [2.75, 3.05) is 17.7 Å². The van der Waals surface area contributed by atoms with Gasteiger partial charge in [-0.05, 0) is 30.7 Å². The second-order valence-corrected chi connectivity index (χ2v) is 8.37. The first-order valence-corrected chi connectivity index (χ1v) is 10.7. The number of anilines is 2. The van der Waals surface area contributed by atoms with Gasteiger partial charge in [0.2, 0.25) is 0 Å². The van der Waals surface area contributed by atoms with Crippen molar-refractivity contribution in [1.82, 2.24) is 0 Å². The summed E-state index contributed by atoms with van der Waals surface area (Å²) in [6.07, 6.45) is 0. The Hall–Kier alpha value is -3.47. The van der Waals surface area contributed by atoms with Gasteiger partial charge < -0.3 is 15.4 Å². The SMILES string of the molecule is COC(=O)c1c(NC(=O)c2cccc([N+](=O)[O-])c2)sc(C(=O)Nc2cccc(Cl)c2Cl)c1C. The number of methoxy groups -OCH3 is 1. The number of hydrogen-bond acceptors (Lipinski definition) is 7. The van der Waals surface area contributed by atoms with Crippen molar-refractivity contribution in [2.24, 2.45) is 0 Å². The first-order valence-electron chi connectivity index (χ1n) is 9.17. The summed E-state index contributed by atoms with van der Waals surface area (Å²) in [5.41, 5.74) is 0.267. The van der Waals surface area contributed by atoms with Crippen LogP contribution < -0.4 is 10.6 Å². The summed E-state index contributed by atoms with van der Waals surface area (Å²) in [6.45, 7) is 1.53. The van der Waals surface area contributed by atoms with E-state index in [1.165, 1.54) is 25.1 Å². The van der Waals surface area contributed by atoms with Gasteiger partial charge in [0, 0.05) is 17.7 Å². The van der Waals surface area contributed by atoms with Crippen LogP contribution >= 0.6 is 34.5 Å². The van der Waals surface area contributed by atoms with E-state index in [-0.39, 0.29) is 48.0 Å². The third-order valence-corrected chi connectivity index (χ3v) is 6.51. The maximum atomic E-state index is 12.9. The molecule has 1 aromatic heterocycles. The van der Waals surface area contributed by atoms with Crippen molar-refractivity contribution < 1.29 is 24.0 Å². The molecule has 3 rings (SSSR count). The first-order chi connectivity index (χ1) is 15.6. The van der Waals surface area contributed by atoms with Gasteiger partial charge in [-0.3, -0.25) is 19.7 Å². The maximum Gasteiger partial charge on any atom is 0.341 e. The van der Waals surface area contributed by atoms with E-state index >= 15 is 0 Å². The molecule has 0 unspecified atom stereocenters. The monoisotopic (exact) mass is 507 g/mol. The lowest BCUT2D eigenvalue weighted by Crippen LogP contribution is -2.14. The van der Waals surface area contributed by atoms with Crippen molar-refractivity contribution in [1.29, 1.82) is 0 Å². The van der Waals surface area contributed by atoms with Crippen LogP contribution in [0, 0.1) is 17.0 Å². The molecule has 0 radical (unpaired) electrons. The highest BCUT2D eigenvalue weighted by Crippen LogP contribution is 2.36. The van der Waals surface area contributed by atoms with Crippen molar-refractivity contribution in [2.45, 2.75) is 6.92 Å². The molecule has 170 valence electrons. The number of nitro groups is 1. The molecule has 2 aromatic carbocycles. The molecule has 3 aromatic rings. The number of carbonyl (C=O) groups excluding carboxylic acids is 3. The van der Waals surface area contributed by atoms with Crippen LogP contribution in [-0.2, 0) is 4.74 Å². The van der Waals surface area contributed by atoms with Crippen LogP contribution in [0.1, 0.15) is 36.0 Å². The van der Waals surface area contributed by atoms with Gasteiger partial charge in [0.15, 0.2) is 0 Å². The van der Waals surface area contributed by atoms with E-state index < -0.39 is 22.7 Å². The van der Waals surface area contributed by atoms with Crippen molar-refractivity contribution in [3.8, 4) is 0 Å². The van der Waals surface area contributed by atoms with E-state index in [0.29, 0.717) is 0 Å². The van der Waals surface area contributed by atoms with Crippen molar-refractivity contribution in [3.63, 3.8) is 0 Å². The summed E-state index contributed by atoms with van der Waals surface area (Å²) in [5.74, 6) is -2.05. The molecule has 33 heavy (non-hydrogen) atoms. The molecule has 0 bridgehead atoms. The highest BCUT2D eigenvalue weighted by atomic mass is 35.5. The number of nitrogens with zero attached hydrogens (tertiary/aromatic N) is 1. The Morgan fingerprint density at radius 2 is 1.76 bits per heavy atom. The van der Waals surface area contributed by atoms with Crippen LogP contribution in [-0.4, -0.2) is 29.8 Å². The molecule has 1 heterocycles. The van der Waals surface area contributed by atoms with Gasteiger partial charge >= 0.3 is 5.97 Å². The van der Waals surface area contributed by atoms with Crippen LogP contribution in [0.4, 0.5) is 16.4 Å². The Balaban J connectivity index is 1.96. The van der Waals surface area contributed by atoms with Gasteiger partial charge in [0.05, 0.1) is 38.2 Å². The van der Waals surface area contributed by atoms with E-state index in [4.69, 9.17) is 27.9 Å². The average molecular weight is 508 g/mol. The molecule has 0 aliphatic heterocycles. The van der Waals surface area contributed by atoms with Crippen molar-refractivity contribution >= 4 is 68.7 Å². The molecule has 0 fully saturated rings. The number of hydrogen-bond donors (Lipinski definition) is 2. The Kier molecular flexibility index (Phi) is 7.32. The smallest absolute Gasteiger partial charge is 0.341 e. The number of ether oxygens (including phenoxy) is 1. The van der Waals surface area contributed by atoms with Gasteiger partial charge in [0.1, 0.15) is 5.00 Å². The first kappa shape index (κ1) is 24.2. The predicted molar refractivity (Wildman–Crippen MR) is 126 cm³/mol. The summed E-state index contributed by atoms with van der Waals surface area (Å²) in [7, 11) is 1.16. The van der Waals surface area contributed by atoms with Crippen LogP contribution in [0.5, 0.6) is 0 Å². The number of benzene rings is 2. The van der Waals surface area contributed by atoms with Crippen LogP contribution in [0.15, 0.2) is 42.5 Å². The predicted octanol–water partition coefficient (Wildman–Crippen LogP) is 5.56.